The van der Waals surface area contributed by atoms with Crippen LogP contribution in [-0.2, 0) is 0 Å². The average molecular weight is 273 g/mol. The molecule has 1 N–H and O–H groups in total. The molecule has 0 unspecified atom stereocenters. The Bertz CT molecular complexity index is 749. The first kappa shape index (κ1) is 12.1. The maximum atomic E-state index is 6.15. The smallest absolute Gasteiger partial charge is 0.138 e. The van der Waals surface area contributed by atoms with Gasteiger partial charge in [0.2, 0.25) is 0 Å². The number of halogens is 1. The summed E-state index contributed by atoms with van der Waals surface area (Å²) in [7, 11) is 1.65. The second kappa shape index (κ2) is 4.59. The van der Waals surface area contributed by atoms with Crippen LogP contribution in [0.15, 0.2) is 36.4 Å². The SMILES string of the molecule is COc1ccc2nc(-c3cccc(Cl)c3C)[nH]c2c1. The number of nitrogens with one attached hydrogen (secondary N) is 1. The average Bonchev–Trinajstić information content (AvgIpc) is 2.84. The van der Waals surface area contributed by atoms with Gasteiger partial charge in [0.1, 0.15) is 11.6 Å². The molecule has 0 aliphatic heterocycles. The van der Waals surface area contributed by atoms with Crippen molar-refractivity contribution in [2.45, 2.75) is 6.92 Å². The molecule has 2 aromatic carbocycles. The third kappa shape index (κ3) is 2.06. The van der Waals surface area contributed by atoms with Crippen LogP contribution in [0.5, 0.6) is 5.75 Å². The number of rotatable bonds is 2. The maximum Gasteiger partial charge on any atom is 0.138 e. The number of ether oxygens (including phenoxy) is 1. The predicted molar refractivity (Wildman–Crippen MR) is 77.8 cm³/mol. The highest BCUT2D eigenvalue weighted by Gasteiger charge is 2.10. The van der Waals surface area contributed by atoms with Gasteiger partial charge in [-0.05, 0) is 30.7 Å². The van der Waals surface area contributed by atoms with Crippen molar-refractivity contribution in [2.75, 3.05) is 7.11 Å². The Balaban J connectivity index is 2.18. The summed E-state index contributed by atoms with van der Waals surface area (Å²) < 4.78 is 5.21. The summed E-state index contributed by atoms with van der Waals surface area (Å²) in [6.07, 6.45) is 0. The van der Waals surface area contributed by atoms with Gasteiger partial charge >= 0.3 is 0 Å². The maximum absolute atomic E-state index is 6.15. The van der Waals surface area contributed by atoms with Gasteiger partial charge in [0, 0.05) is 16.7 Å². The topological polar surface area (TPSA) is 37.9 Å². The first-order valence-electron chi connectivity index (χ1n) is 5.98. The highest BCUT2D eigenvalue weighted by molar-refractivity contribution is 6.31. The standard InChI is InChI=1S/C15H13ClN2O/c1-9-11(4-3-5-12(9)16)15-17-13-7-6-10(19-2)8-14(13)18-15/h3-8H,1-2H3,(H,17,18). The molecule has 0 saturated carbocycles. The summed E-state index contributed by atoms with van der Waals surface area (Å²) in [5, 5.41) is 0.746. The largest absolute Gasteiger partial charge is 0.497 e. The van der Waals surface area contributed by atoms with E-state index in [1.807, 2.05) is 43.3 Å². The Kier molecular flexibility index (Phi) is 2.91. The zero-order chi connectivity index (χ0) is 13.4. The van der Waals surface area contributed by atoms with Gasteiger partial charge in [-0.2, -0.15) is 0 Å². The molecule has 19 heavy (non-hydrogen) atoms. The van der Waals surface area contributed by atoms with Crippen LogP contribution in [0.1, 0.15) is 5.56 Å². The molecule has 0 bridgehead atoms. The molecule has 0 saturated heterocycles. The van der Waals surface area contributed by atoms with E-state index in [0.29, 0.717) is 0 Å². The van der Waals surface area contributed by atoms with Crippen molar-refractivity contribution in [1.29, 1.82) is 0 Å². The van der Waals surface area contributed by atoms with E-state index in [4.69, 9.17) is 16.3 Å². The number of H-pyrrole nitrogens is 1. The fourth-order valence-electron chi connectivity index (χ4n) is 2.11. The van der Waals surface area contributed by atoms with E-state index in [9.17, 15) is 0 Å². The summed E-state index contributed by atoms with van der Waals surface area (Å²) >= 11 is 6.15. The van der Waals surface area contributed by atoms with Crippen molar-refractivity contribution in [3.05, 3.63) is 47.0 Å². The molecule has 0 aliphatic carbocycles. The van der Waals surface area contributed by atoms with E-state index in [2.05, 4.69) is 9.97 Å². The zero-order valence-electron chi connectivity index (χ0n) is 10.7. The quantitative estimate of drug-likeness (QED) is 0.759. The van der Waals surface area contributed by atoms with E-state index in [0.717, 1.165) is 38.8 Å². The van der Waals surface area contributed by atoms with Gasteiger partial charge in [-0.15, -0.1) is 0 Å². The van der Waals surface area contributed by atoms with Crippen LogP contribution in [0.25, 0.3) is 22.4 Å². The number of aromatic nitrogens is 2. The van der Waals surface area contributed by atoms with Crippen LogP contribution in [-0.4, -0.2) is 17.1 Å². The van der Waals surface area contributed by atoms with Crippen molar-refractivity contribution in [1.82, 2.24) is 9.97 Å². The van der Waals surface area contributed by atoms with Crippen LogP contribution in [0, 0.1) is 6.92 Å². The van der Waals surface area contributed by atoms with E-state index in [1.54, 1.807) is 7.11 Å². The number of fused-ring (bicyclic) bond motifs is 1. The Morgan fingerprint density at radius 3 is 2.84 bits per heavy atom. The third-order valence-electron chi connectivity index (χ3n) is 3.21. The van der Waals surface area contributed by atoms with E-state index < -0.39 is 0 Å². The van der Waals surface area contributed by atoms with Crippen molar-refractivity contribution in [3.8, 4) is 17.1 Å². The van der Waals surface area contributed by atoms with Gasteiger partial charge in [-0.1, -0.05) is 23.7 Å². The van der Waals surface area contributed by atoms with E-state index in [-0.39, 0.29) is 0 Å². The van der Waals surface area contributed by atoms with E-state index in [1.165, 1.54) is 0 Å². The van der Waals surface area contributed by atoms with Crippen molar-refractivity contribution >= 4 is 22.6 Å². The summed E-state index contributed by atoms with van der Waals surface area (Å²) in [6.45, 7) is 1.99. The summed E-state index contributed by atoms with van der Waals surface area (Å²) in [5.74, 6) is 1.63. The highest BCUT2D eigenvalue weighted by Crippen LogP contribution is 2.28. The van der Waals surface area contributed by atoms with Crippen LogP contribution >= 0.6 is 11.6 Å². The first-order chi connectivity index (χ1) is 9.19. The van der Waals surface area contributed by atoms with Crippen LogP contribution in [0.3, 0.4) is 0 Å². The normalized spacial score (nSPS) is 10.9. The molecule has 3 aromatic rings. The Hall–Kier alpha value is -2.00. The molecule has 0 fully saturated rings. The lowest BCUT2D eigenvalue weighted by molar-refractivity contribution is 0.415. The van der Waals surface area contributed by atoms with E-state index >= 15 is 0 Å². The lowest BCUT2D eigenvalue weighted by Gasteiger charge is -2.03. The lowest BCUT2D eigenvalue weighted by atomic mass is 10.1. The molecule has 0 aliphatic rings. The van der Waals surface area contributed by atoms with Gasteiger partial charge < -0.3 is 9.72 Å². The lowest BCUT2D eigenvalue weighted by Crippen LogP contribution is -1.85. The van der Waals surface area contributed by atoms with Gasteiger partial charge in [-0.25, -0.2) is 4.98 Å². The minimum Gasteiger partial charge on any atom is -0.497 e. The molecular weight excluding hydrogens is 260 g/mol. The summed E-state index contributed by atoms with van der Waals surface area (Å²) in [6, 6.07) is 11.6. The Morgan fingerprint density at radius 1 is 1.21 bits per heavy atom. The number of hydrogen-bond acceptors (Lipinski definition) is 2. The fraction of sp³-hybridized carbons (Fsp3) is 0.133. The fourth-order valence-corrected chi connectivity index (χ4v) is 2.28. The second-order valence-electron chi connectivity index (χ2n) is 4.38. The molecule has 0 amide bonds. The molecule has 0 atom stereocenters. The molecule has 0 spiro atoms. The Labute approximate surface area is 116 Å². The number of aromatic amines is 1. The monoisotopic (exact) mass is 272 g/mol. The zero-order valence-corrected chi connectivity index (χ0v) is 11.5. The highest BCUT2D eigenvalue weighted by atomic mass is 35.5. The number of hydrogen-bond donors (Lipinski definition) is 1. The van der Waals surface area contributed by atoms with Crippen molar-refractivity contribution < 1.29 is 4.74 Å². The molecule has 0 radical (unpaired) electrons. The number of nitrogens with zero attached hydrogens (tertiary/aromatic N) is 1. The van der Waals surface area contributed by atoms with Gasteiger partial charge in [0.25, 0.3) is 0 Å². The number of methoxy groups -OCH3 is 1. The third-order valence-corrected chi connectivity index (χ3v) is 3.62. The molecule has 1 aromatic heterocycles. The minimum atomic E-state index is 0.746. The van der Waals surface area contributed by atoms with Crippen LogP contribution < -0.4 is 4.74 Å². The Morgan fingerprint density at radius 2 is 2.05 bits per heavy atom. The molecule has 1 heterocycles. The molecular formula is C15H13ClN2O. The second-order valence-corrected chi connectivity index (χ2v) is 4.79. The molecule has 96 valence electrons. The van der Waals surface area contributed by atoms with Crippen LogP contribution in [0.4, 0.5) is 0 Å². The summed E-state index contributed by atoms with van der Waals surface area (Å²) in [4.78, 5) is 7.90. The van der Waals surface area contributed by atoms with Crippen LogP contribution in [0.2, 0.25) is 5.02 Å². The van der Waals surface area contributed by atoms with Gasteiger partial charge in [0.05, 0.1) is 18.1 Å². The summed E-state index contributed by atoms with van der Waals surface area (Å²) in [5.41, 5.74) is 3.90. The van der Waals surface area contributed by atoms with Gasteiger partial charge in [-0.3, -0.25) is 0 Å². The van der Waals surface area contributed by atoms with Crippen molar-refractivity contribution in [2.24, 2.45) is 0 Å². The number of benzene rings is 2. The first-order valence-corrected chi connectivity index (χ1v) is 6.36. The number of imidazole rings is 1. The van der Waals surface area contributed by atoms with Gasteiger partial charge in [0.15, 0.2) is 0 Å². The molecule has 3 rings (SSSR count). The molecule has 4 heteroatoms. The molecule has 3 nitrogen and oxygen atoms in total. The van der Waals surface area contributed by atoms with Crippen molar-refractivity contribution in [3.63, 3.8) is 0 Å². The minimum absolute atomic E-state index is 0.746. The predicted octanol–water partition coefficient (Wildman–Crippen LogP) is 4.20.